The van der Waals surface area contributed by atoms with Gasteiger partial charge in [-0.15, -0.1) is 0 Å². The normalized spacial score (nSPS) is 18.1. The van der Waals surface area contributed by atoms with Crippen LogP contribution in [0.2, 0.25) is 0 Å². The Morgan fingerprint density at radius 3 is 2.35 bits per heavy atom. The molecule has 1 aliphatic rings. The van der Waals surface area contributed by atoms with Crippen LogP contribution in [-0.2, 0) is 19.1 Å². The lowest BCUT2D eigenvalue weighted by Crippen LogP contribution is -2.40. The van der Waals surface area contributed by atoms with Crippen molar-refractivity contribution in [2.45, 2.75) is 32.8 Å². The average molecular weight is 243 g/mol. The van der Waals surface area contributed by atoms with Crippen molar-refractivity contribution in [1.29, 1.82) is 0 Å². The molecule has 5 nitrogen and oxygen atoms in total. The van der Waals surface area contributed by atoms with Crippen molar-refractivity contribution < 1.29 is 19.1 Å². The van der Waals surface area contributed by atoms with Gasteiger partial charge in [0.2, 0.25) is 0 Å². The Morgan fingerprint density at radius 1 is 1.29 bits per heavy atom. The molecular weight excluding hydrogens is 222 g/mol. The van der Waals surface area contributed by atoms with Crippen molar-refractivity contribution in [2.75, 3.05) is 26.7 Å². The molecule has 0 unspecified atom stereocenters. The molecule has 1 heterocycles. The maximum atomic E-state index is 11.4. The Morgan fingerprint density at radius 2 is 1.88 bits per heavy atom. The van der Waals surface area contributed by atoms with Gasteiger partial charge in [-0.2, -0.15) is 0 Å². The van der Waals surface area contributed by atoms with E-state index in [2.05, 4.69) is 0 Å². The van der Waals surface area contributed by atoms with Gasteiger partial charge >= 0.3 is 11.9 Å². The first kappa shape index (κ1) is 14.0. The summed E-state index contributed by atoms with van der Waals surface area (Å²) in [6, 6.07) is 0. The van der Waals surface area contributed by atoms with E-state index < -0.39 is 0 Å². The fraction of sp³-hybridized carbons (Fsp3) is 0.833. The van der Waals surface area contributed by atoms with Crippen molar-refractivity contribution >= 4 is 11.9 Å². The summed E-state index contributed by atoms with van der Waals surface area (Å²) in [6.45, 7) is 5.47. The number of carbonyl (C=O) groups excluding carboxylic acids is 2. The first-order valence-corrected chi connectivity index (χ1v) is 6.02. The maximum absolute atomic E-state index is 11.4. The van der Waals surface area contributed by atoms with Crippen molar-refractivity contribution in [1.82, 2.24) is 4.90 Å². The van der Waals surface area contributed by atoms with Gasteiger partial charge in [0, 0.05) is 0 Å². The molecule has 0 amide bonds. The summed E-state index contributed by atoms with van der Waals surface area (Å²) in [5.41, 5.74) is 0. The van der Waals surface area contributed by atoms with E-state index >= 15 is 0 Å². The molecule has 1 aliphatic heterocycles. The zero-order valence-electron chi connectivity index (χ0n) is 10.8. The highest BCUT2D eigenvalue weighted by molar-refractivity contribution is 5.73. The fourth-order valence-electron chi connectivity index (χ4n) is 1.98. The summed E-state index contributed by atoms with van der Waals surface area (Å²) < 4.78 is 9.79. The highest BCUT2D eigenvalue weighted by Gasteiger charge is 2.26. The predicted molar refractivity (Wildman–Crippen MR) is 62.4 cm³/mol. The Labute approximate surface area is 102 Å². The second-order valence-corrected chi connectivity index (χ2v) is 4.61. The van der Waals surface area contributed by atoms with Gasteiger partial charge in [-0.25, -0.2) is 0 Å². The van der Waals surface area contributed by atoms with E-state index in [-0.39, 0.29) is 24.0 Å². The van der Waals surface area contributed by atoms with Crippen LogP contribution in [0.15, 0.2) is 0 Å². The van der Waals surface area contributed by atoms with Crippen molar-refractivity contribution in [3.05, 3.63) is 0 Å². The zero-order valence-corrected chi connectivity index (χ0v) is 10.8. The smallest absolute Gasteiger partial charge is 0.320 e. The summed E-state index contributed by atoms with van der Waals surface area (Å²) in [7, 11) is 1.41. The number of ether oxygens (including phenoxy) is 2. The number of esters is 2. The van der Waals surface area contributed by atoms with Crippen LogP contribution < -0.4 is 0 Å². The van der Waals surface area contributed by atoms with Gasteiger partial charge in [0.25, 0.3) is 0 Å². The number of methoxy groups -OCH3 is 1. The molecule has 0 atom stereocenters. The van der Waals surface area contributed by atoms with Crippen LogP contribution in [0.4, 0.5) is 0 Å². The fourth-order valence-corrected chi connectivity index (χ4v) is 1.98. The molecule has 0 radical (unpaired) electrons. The Hall–Kier alpha value is -1.10. The van der Waals surface area contributed by atoms with Gasteiger partial charge in [-0.05, 0) is 39.8 Å². The Balaban J connectivity index is 2.27. The number of likely N-dealkylation sites (tertiary alicyclic amines) is 1. The highest BCUT2D eigenvalue weighted by atomic mass is 16.5. The largest absolute Gasteiger partial charge is 0.469 e. The van der Waals surface area contributed by atoms with Crippen LogP contribution in [0.1, 0.15) is 26.7 Å². The molecule has 0 aromatic heterocycles. The molecule has 1 rings (SSSR count). The van der Waals surface area contributed by atoms with Crippen LogP contribution >= 0.6 is 0 Å². The number of nitrogens with zero attached hydrogens (tertiary/aromatic N) is 1. The lowest BCUT2D eigenvalue weighted by Gasteiger charge is -2.29. The molecule has 0 aliphatic carbocycles. The zero-order chi connectivity index (χ0) is 12.8. The molecular formula is C12H21NO4. The predicted octanol–water partition coefficient (Wildman–Crippen LogP) is 0.823. The summed E-state index contributed by atoms with van der Waals surface area (Å²) >= 11 is 0. The number of piperidine rings is 1. The number of rotatable bonds is 4. The van der Waals surface area contributed by atoms with Crippen molar-refractivity contribution in [3.63, 3.8) is 0 Å². The Bertz CT molecular complexity index is 270. The summed E-state index contributed by atoms with van der Waals surface area (Å²) in [4.78, 5) is 24.8. The molecule has 0 saturated carbocycles. The minimum Gasteiger partial charge on any atom is -0.469 e. The molecule has 98 valence electrons. The lowest BCUT2D eigenvalue weighted by atomic mass is 9.97. The monoisotopic (exact) mass is 243 g/mol. The van der Waals surface area contributed by atoms with Gasteiger partial charge in [-0.3, -0.25) is 14.5 Å². The van der Waals surface area contributed by atoms with E-state index in [9.17, 15) is 9.59 Å². The van der Waals surface area contributed by atoms with Gasteiger partial charge in [0.05, 0.1) is 25.7 Å². The average Bonchev–Trinajstić information content (AvgIpc) is 2.28. The molecule has 1 fully saturated rings. The second kappa shape index (κ2) is 6.59. The third-order valence-electron chi connectivity index (χ3n) is 2.84. The molecule has 17 heavy (non-hydrogen) atoms. The van der Waals surface area contributed by atoms with Crippen LogP contribution in [0, 0.1) is 5.92 Å². The van der Waals surface area contributed by atoms with E-state index in [0.717, 1.165) is 25.9 Å². The third-order valence-corrected chi connectivity index (χ3v) is 2.84. The van der Waals surface area contributed by atoms with Crippen molar-refractivity contribution in [3.8, 4) is 0 Å². The quantitative estimate of drug-likeness (QED) is 0.684. The topological polar surface area (TPSA) is 55.8 Å². The standard InChI is InChI=1S/C12H21NO4/c1-9(2)17-11(14)8-13-6-4-10(5-7-13)12(15)16-3/h9-10H,4-8H2,1-3H3. The molecule has 0 spiro atoms. The number of hydrogen-bond donors (Lipinski definition) is 0. The molecule has 0 aromatic carbocycles. The second-order valence-electron chi connectivity index (χ2n) is 4.61. The van der Waals surface area contributed by atoms with Crippen LogP contribution in [0.3, 0.4) is 0 Å². The van der Waals surface area contributed by atoms with Crippen LogP contribution in [0.5, 0.6) is 0 Å². The van der Waals surface area contributed by atoms with Crippen molar-refractivity contribution in [2.24, 2.45) is 5.92 Å². The van der Waals surface area contributed by atoms with E-state index in [1.165, 1.54) is 7.11 Å². The van der Waals surface area contributed by atoms with E-state index in [4.69, 9.17) is 9.47 Å². The van der Waals surface area contributed by atoms with Gasteiger partial charge in [0.15, 0.2) is 0 Å². The van der Waals surface area contributed by atoms with E-state index in [1.807, 2.05) is 18.7 Å². The molecule has 5 heteroatoms. The minimum atomic E-state index is -0.198. The maximum Gasteiger partial charge on any atom is 0.320 e. The highest BCUT2D eigenvalue weighted by Crippen LogP contribution is 2.18. The van der Waals surface area contributed by atoms with E-state index in [0.29, 0.717) is 6.54 Å². The van der Waals surface area contributed by atoms with Gasteiger partial charge in [0.1, 0.15) is 0 Å². The summed E-state index contributed by atoms with van der Waals surface area (Å²) in [6.07, 6.45) is 1.43. The summed E-state index contributed by atoms with van der Waals surface area (Å²) in [5, 5.41) is 0. The minimum absolute atomic E-state index is 0.0163. The van der Waals surface area contributed by atoms with Gasteiger partial charge < -0.3 is 9.47 Å². The summed E-state index contributed by atoms with van der Waals surface area (Å²) in [5.74, 6) is -0.358. The van der Waals surface area contributed by atoms with Gasteiger partial charge in [-0.1, -0.05) is 0 Å². The lowest BCUT2D eigenvalue weighted by molar-refractivity contribution is -0.150. The molecule has 0 bridgehead atoms. The van der Waals surface area contributed by atoms with E-state index in [1.54, 1.807) is 0 Å². The number of hydrogen-bond acceptors (Lipinski definition) is 5. The molecule has 0 N–H and O–H groups in total. The van der Waals surface area contributed by atoms with Crippen LogP contribution in [-0.4, -0.2) is 49.7 Å². The molecule has 0 aromatic rings. The SMILES string of the molecule is COC(=O)C1CCN(CC(=O)OC(C)C)CC1. The third kappa shape index (κ3) is 4.73. The number of carbonyl (C=O) groups is 2. The first-order valence-electron chi connectivity index (χ1n) is 6.02. The molecule has 1 saturated heterocycles. The Kier molecular flexibility index (Phi) is 5.41. The van der Waals surface area contributed by atoms with Crippen LogP contribution in [0.25, 0.3) is 0 Å². The first-order chi connectivity index (χ1) is 8.02.